The molecule has 0 radical (unpaired) electrons. The second kappa shape index (κ2) is 8.02. The molecule has 27 heavy (non-hydrogen) atoms. The Balaban J connectivity index is 1.62. The van der Waals surface area contributed by atoms with E-state index in [2.05, 4.69) is 6.92 Å². The van der Waals surface area contributed by atoms with Crippen molar-refractivity contribution in [2.45, 2.75) is 37.5 Å². The monoisotopic (exact) mass is 397 g/mol. The molecule has 2 fully saturated rings. The van der Waals surface area contributed by atoms with Crippen molar-refractivity contribution in [3.05, 3.63) is 18.0 Å². The van der Waals surface area contributed by atoms with Crippen molar-refractivity contribution in [3.63, 3.8) is 0 Å². The highest BCUT2D eigenvalue weighted by molar-refractivity contribution is 7.89. The fourth-order valence-electron chi connectivity index (χ4n) is 3.51. The SMILES string of the molecule is CC1CCN(C(=O)COC(=O)c2cc(S(=O)(=O)N3CCCC3)cn2C)CC1. The van der Waals surface area contributed by atoms with Crippen LogP contribution < -0.4 is 0 Å². The Kier molecular flexibility index (Phi) is 5.90. The van der Waals surface area contributed by atoms with Crippen LogP contribution in [0.2, 0.25) is 0 Å². The Morgan fingerprint density at radius 3 is 2.41 bits per heavy atom. The number of hydrogen-bond acceptors (Lipinski definition) is 5. The Morgan fingerprint density at radius 2 is 1.78 bits per heavy atom. The molecular formula is C18H27N3O5S. The van der Waals surface area contributed by atoms with E-state index in [0.29, 0.717) is 32.1 Å². The van der Waals surface area contributed by atoms with Crippen LogP contribution >= 0.6 is 0 Å². The summed E-state index contributed by atoms with van der Waals surface area (Å²) in [6.45, 7) is 4.19. The zero-order chi connectivity index (χ0) is 19.6. The van der Waals surface area contributed by atoms with E-state index in [1.807, 2.05) is 0 Å². The highest BCUT2D eigenvalue weighted by Crippen LogP contribution is 2.23. The lowest BCUT2D eigenvalue weighted by molar-refractivity contribution is -0.135. The van der Waals surface area contributed by atoms with E-state index >= 15 is 0 Å². The van der Waals surface area contributed by atoms with E-state index in [0.717, 1.165) is 25.7 Å². The summed E-state index contributed by atoms with van der Waals surface area (Å²) in [5.41, 5.74) is 0.118. The third kappa shape index (κ3) is 4.35. The largest absolute Gasteiger partial charge is 0.451 e. The van der Waals surface area contributed by atoms with Gasteiger partial charge in [-0.3, -0.25) is 4.79 Å². The van der Waals surface area contributed by atoms with Crippen LogP contribution in [0.5, 0.6) is 0 Å². The van der Waals surface area contributed by atoms with E-state index in [1.165, 1.54) is 21.1 Å². The maximum Gasteiger partial charge on any atom is 0.355 e. The summed E-state index contributed by atoms with van der Waals surface area (Å²) < 4.78 is 33.2. The van der Waals surface area contributed by atoms with Crippen LogP contribution in [0.15, 0.2) is 17.2 Å². The van der Waals surface area contributed by atoms with Gasteiger partial charge in [-0.25, -0.2) is 13.2 Å². The van der Waals surface area contributed by atoms with Crippen molar-refractivity contribution in [2.75, 3.05) is 32.8 Å². The van der Waals surface area contributed by atoms with Gasteiger partial charge in [-0.2, -0.15) is 4.31 Å². The first-order valence-corrected chi connectivity index (χ1v) is 10.8. The summed E-state index contributed by atoms with van der Waals surface area (Å²) in [4.78, 5) is 26.3. The van der Waals surface area contributed by atoms with Gasteiger partial charge in [0.1, 0.15) is 10.6 Å². The molecule has 0 saturated carbocycles. The topological polar surface area (TPSA) is 88.9 Å². The number of carbonyl (C=O) groups excluding carboxylic acids is 2. The van der Waals surface area contributed by atoms with Crippen LogP contribution in [0.25, 0.3) is 0 Å². The van der Waals surface area contributed by atoms with Crippen LogP contribution in [0.3, 0.4) is 0 Å². The van der Waals surface area contributed by atoms with Gasteiger partial charge < -0.3 is 14.2 Å². The molecule has 0 unspecified atom stereocenters. The lowest BCUT2D eigenvalue weighted by Crippen LogP contribution is -2.40. The highest BCUT2D eigenvalue weighted by Gasteiger charge is 2.30. The Bertz CT molecular complexity index is 803. The predicted octanol–water partition coefficient (Wildman–Crippen LogP) is 1.22. The highest BCUT2D eigenvalue weighted by atomic mass is 32.2. The summed E-state index contributed by atoms with van der Waals surface area (Å²) in [6, 6.07) is 1.32. The lowest BCUT2D eigenvalue weighted by Gasteiger charge is -2.30. The smallest absolute Gasteiger partial charge is 0.355 e. The van der Waals surface area contributed by atoms with Crippen molar-refractivity contribution < 1.29 is 22.7 Å². The summed E-state index contributed by atoms with van der Waals surface area (Å²) in [7, 11) is -2.01. The van der Waals surface area contributed by atoms with Crippen molar-refractivity contribution in [1.29, 1.82) is 0 Å². The van der Waals surface area contributed by atoms with Crippen LogP contribution in [-0.2, 0) is 26.6 Å². The van der Waals surface area contributed by atoms with Crippen molar-refractivity contribution in [3.8, 4) is 0 Å². The average Bonchev–Trinajstić information content (AvgIpc) is 3.30. The van der Waals surface area contributed by atoms with E-state index in [9.17, 15) is 18.0 Å². The Morgan fingerprint density at radius 1 is 1.15 bits per heavy atom. The van der Waals surface area contributed by atoms with Crippen molar-refractivity contribution in [2.24, 2.45) is 13.0 Å². The zero-order valence-electron chi connectivity index (χ0n) is 15.9. The van der Waals surface area contributed by atoms with Crippen LogP contribution in [0, 0.1) is 5.92 Å². The number of aromatic nitrogens is 1. The molecule has 1 aromatic rings. The maximum atomic E-state index is 12.6. The van der Waals surface area contributed by atoms with Gasteiger partial charge in [-0.15, -0.1) is 0 Å². The van der Waals surface area contributed by atoms with Gasteiger partial charge in [0, 0.05) is 39.4 Å². The molecule has 150 valence electrons. The number of ether oxygens (including phenoxy) is 1. The minimum Gasteiger partial charge on any atom is -0.451 e. The molecule has 2 aliphatic heterocycles. The van der Waals surface area contributed by atoms with E-state index < -0.39 is 16.0 Å². The first-order chi connectivity index (χ1) is 12.8. The van der Waals surface area contributed by atoms with Gasteiger partial charge in [0.15, 0.2) is 6.61 Å². The number of nitrogens with zero attached hydrogens (tertiary/aromatic N) is 3. The third-order valence-corrected chi connectivity index (χ3v) is 7.22. The van der Waals surface area contributed by atoms with Gasteiger partial charge in [0.05, 0.1) is 0 Å². The average molecular weight is 397 g/mol. The first-order valence-electron chi connectivity index (χ1n) is 9.40. The molecule has 0 N–H and O–H groups in total. The second-order valence-electron chi connectivity index (χ2n) is 7.42. The molecule has 2 saturated heterocycles. The van der Waals surface area contributed by atoms with Crippen LogP contribution in [0.1, 0.15) is 43.1 Å². The molecule has 1 aromatic heterocycles. The number of sulfonamides is 1. The van der Waals surface area contributed by atoms with Crippen LogP contribution in [-0.4, -0.2) is 66.9 Å². The number of aryl methyl sites for hydroxylation is 1. The maximum absolute atomic E-state index is 12.6. The van der Waals surface area contributed by atoms with Crippen molar-refractivity contribution >= 4 is 21.9 Å². The van der Waals surface area contributed by atoms with E-state index in [-0.39, 0.29) is 23.1 Å². The lowest BCUT2D eigenvalue weighted by atomic mass is 9.99. The number of piperidine rings is 1. The minimum absolute atomic E-state index is 0.0789. The molecule has 0 aliphatic carbocycles. The Hall–Kier alpha value is -1.87. The second-order valence-corrected chi connectivity index (χ2v) is 9.36. The quantitative estimate of drug-likeness (QED) is 0.697. The molecule has 0 atom stereocenters. The number of carbonyl (C=O) groups is 2. The third-order valence-electron chi connectivity index (χ3n) is 5.35. The standard InChI is InChI=1S/C18H27N3O5S/c1-14-5-9-20(10-6-14)17(22)13-26-18(23)16-11-15(12-19(16)2)27(24,25)21-7-3-4-8-21/h11-12,14H,3-10,13H2,1-2H3. The summed E-state index contributed by atoms with van der Waals surface area (Å²) >= 11 is 0. The fourth-order valence-corrected chi connectivity index (χ4v) is 5.10. The number of hydrogen-bond donors (Lipinski definition) is 0. The molecular weight excluding hydrogens is 370 g/mol. The molecule has 0 spiro atoms. The Labute approximate surface area is 160 Å². The molecule has 3 rings (SSSR count). The van der Waals surface area contributed by atoms with E-state index in [4.69, 9.17) is 4.74 Å². The number of likely N-dealkylation sites (tertiary alicyclic amines) is 1. The number of esters is 1. The normalized spacial score (nSPS) is 19.4. The molecule has 0 aromatic carbocycles. The summed E-state index contributed by atoms with van der Waals surface area (Å²) in [5.74, 6) is -0.301. The minimum atomic E-state index is -3.60. The van der Waals surface area contributed by atoms with Crippen molar-refractivity contribution in [1.82, 2.24) is 13.8 Å². The fraction of sp³-hybridized carbons (Fsp3) is 0.667. The summed E-state index contributed by atoms with van der Waals surface area (Å²) in [5, 5.41) is 0. The zero-order valence-corrected chi connectivity index (χ0v) is 16.7. The molecule has 8 nitrogen and oxygen atoms in total. The van der Waals surface area contributed by atoms with Gasteiger partial charge in [0.2, 0.25) is 10.0 Å². The van der Waals surface area contributed by atoms with Gasteiger partial charge >= 0.3 is 5.97 Å². The predicted molar refractivity (Wildman–Crippen MR) is 98.7 cm³/mol. The first kappa shape index (κ1) is 19.9. The molecule has 3 heterocycles. The van der Waals surface area contributed by atoms with E-state index in [1.54, 1.807) is 11.9 Å². The number of rotatable bonds is 5. The van der Waals surface area contributed by atoms with Crippen LogP contribution in [0.4, 0.5) is 0 Å². The van der Waals surface area contributed by atoms with Gasteiger partial charge in [0.25, 0.3) is 5.91 Å². The molecule has 1 amide bonds. The molecule has 9 heteroatoms. The number of amides is 1. The van der Waals surface area contributed by atoms with Gasteiger partial charge in [-0.05, 0) is 37.7 Å². The summed E-state index contributed by atoms with van der Waals surface area (Å²) in [6.07, 6.45) is 5.01. The van der Waals surface area contributed by atoms with Gasteiger partial charge in [-0.1, -0.05) is 6.92 Å². The molecule has 0 bridgehead atoms. The molecule has 2 aliphatic rings.